The van der Waals surface area contributed by atoms with Crippen molar-refractivity contribution in [2.24, 2.45) is 5.92 Å². The Labute approximate surface area is 285 Å². The van der Waals surface area contributed by atoms with Gasteiger partial charge in [-0.2, -0.15) is 0 Å². The fourth-order valence-electron chi connectivity index (χ4n) is 7.12. The van der Waals surface area contributed by atoms with Gasteiger partial charge in [0.05, 0.1) is 29.6 Å². The lowest BCUT2D eigenvalue weighted by Gasteiger charge is -2.36. The summed E-state index contributed by atoms with van der Waals surface area (Å²) >= 11 is 0. The van der Waals surface area contributed by atoms with Crippen molar-refractivity contribution in [2.45, 2.75) is 38.0 Å². The highest BCUT2D eigenvalue weighted by Crippen LogP contribution is 2.49. The molecule has 7 rings (SSSR count). The molecule has 4 aromatic rings. The SMILES string of the molecule is C=CCN1C(=O)[C@@](O)([C@@H](C)/C=C/CC(=O)N2Cc3ccccc3C[C@H]2CO)c2cc(N3C(=O)c4ccccc4Oc4ccccc43)ccc21. The van der Waals surface area contributed by atoms with Crippen LogP contribution in [-0.4, -0.2) is 52.0 Å². The van der Waals surface area contributed by atoms with E-state index in [1.54, 1.807) is 84.6 Å². The molecule has 3 aliphatic rings. The van der Waals surface area contributed by atoms with Crippen LogP contribution in [0.1, 0.15) is 40.4 Å². The summed E-state index contributed by atoms with van der Waals surface area (Å²) in [6.45, 7) is 5.98. The monoisotopic (exact) mass is 655 g/mol. The van der Waals surface area contributed by atoms with Crippen molar-refractivity contribution in [1.29, 1.82) is 0 Å². The zero-order valence-electron chi connectivity index (χ0n) is 27.2. The molecule has 9 nitrogen and oxygen atoms in total. The van der Waals surface area contributed by atoms with Crippen LogP contribution in [0.5, 0.6) is 11.5 Å². The maximum Gasteiger partial charge on any atom is 0.266 e. The van der Waals surface area contributed by atoms with Crippen molar-refractivity contribution in [3.8, 4) is 11.5 Å². The van der Waals surface area contributed by atoms with Crippen molar-refractivity contribution in [2.75, 3.05) is 23.0 Å². The zero-order chi connectivity index (χ0) is 34.3. The molecule has 3 heterocycles. The Morgan fingerprint density at radius 2 is 1.69 bits per heavy atom. The van der Waals surface area contributed by atoms with Gasteiger partial charge in [-0.05, 0) is 60.0 Å². The van der Waals surface area contributed by atoms with Crippen LogP contribution in [-0.2, 0) is 28.2 Å². The molecule has 4 aromatic carbocycles. The number of rotatable bonds is 8. The van der Waals surface area contributed by atoms with E-state index < -0.39 is 17.4 Å². The van der Waals surface area contributed by atoms with Crippen LogP contribution in [0.15, 0.2) is 116 Å². The number of nitrogens with zero attached hydrogens (tertiary/aromatic N) is 3. The molecular formula is C40H37N3O6. The Bertz CT molecular complexity index is 2010. The number of fused-ring (bicyclic) bond motifs is 4. The van der Waals surface area contributed by atoms with E-state index in [9.17, 15) is 24.6 Å². The fraction of sp³-hybridized carbons (Fsp3) is 0.225. The molecule has 248 valence electrons. The van der Waals surface area contributed by atoms with E-state index in [-0.39, 0.29) is 37.4 Å². The largest absolute Gasteiger partial charge is 0.454 e. The van der Waals surface area contributed by atoms with Gasteiger partial charge in [-0.15, -0.1) is 6.58 Å². The van der Waals surface area contributed by atoms with E-state index in [2.05, 4.69) is 6.58 Å². The number of anilines is 3. The summed E-state index contributed by atoms with van der Waals surface area (Å²) in [7, 11) is 0. The predicted molar refractivity (Wildman–Crippen MR) is 187 cm³/mol. The number of aliphatic hydroxyl groups excluding tert-OH is 1. The van der Waals surface area contributed by atoms with Crippen molar-refractivity contribution in [1.82, 2.24) is 4.90 Å². The lowest BCUT2D eigenvalue weighted by atomic mass is 9.82. The number of hydrogen-bond donors (Lipinski definition) is 2. The number of para-hydroxylation sites is 3. The summed E-state index contributed by atoms with van der Waals surface area (Å²) in [5, 5.41) is 22.4. The molecule has 0 aromatic heterocycles. The maximum absolute atomic E-state index is 14.1. The van der Waals surface area contributed by atoms with Gasteiger partial charge in [0.25, 0.3) is 11.8 Å². The summed E-state index contributed by atoms with van der Waals surface area (Å²) < 4.78 is 6.16. The van der Waals surface area contributed by atoms with Crippen LogP contribution in [0.2, 0.25) is 0 Å². The molecule has 0 fully saturated rings. The normalized spacial score (nSPS) is 20.2. The van der Waals surface area contributed by atoms with Crippen molar-refractivity contribution in [3.63, 3.8) is 0 Å². The molecule has 9 heteroatoms. The predicted octanol–water partition coefficient (Wildman–Crippen LogP) is 6.02. The molecule has 49 heavy (non-hydrogen) atoms. The first-order valence-electron chi connectivity index (χ1n) is 16.4. The third-order valence-corrected chi connectivity index (χ3v) is 9.73. The number of carbonyl (C=O) groups excluding carboxylic acids is 3. The van der Waals surface area contributed by atoms with Gasteiger partial charge in [0.1, 0.15) is 5.75 Å². The third kappa shape index (κ3) is 5.41. The number of ether oxygens (including phenoxy) is 1. The zero-order valence-corrected chi connectivity index (χ0v) is 27.2. The van der Waals surface area contributed by atoms with E-state index in [1.807, 2.05) is 36.4 Å². The van der Waals surface area contributed by atoms with Crippen LogP contribution >= 0.6 is 0 Å². The van der Waals surface area contributed by atoms with Gasteiger partial charge in [-0.25, -0.2) is 0 Å². The average molecular weight is 656 g/mol. The molecule has 3 amide bonds. The van der Waals surface area contributed by atoms with Crippen molar-refractivity contribution >= 4 is 34.8 Å². The minimum Gasteiger partial charge on any atom is -0.454 e. The first-order chi connectivity index (χ1) is 23.8. The number of amides is 3. The summed E-state index contributed by atoms with van der Waals surface area (Å²) in [6, 6.07) is 27.0. The lowest BCUT2D eigenvalue weighted by Crippen LogP contribution is -2.46. The van der Waals surface area contributed by atoms with Gasteiger partial charge in [-0.1, -0.05) is 73.7 Å². The Morgan fingerprint density at radius 3 is 2.47 bits per heavy atom. The smallest absolute Gasteiger partial charge is 0.266 e. The van der Waals surface area contributed by atoms with Crippen LogP contribution in [0, 0.1) is 5.92 Å². The second-order valence-electron chi connectivity index (χ2n) is 12.6. The van der Waals surface area contributed by atoms with Gasteiger partial charge in [0, 0.05) is 36.7 Å². The van der Waals surface area contributed by atoms with Crippen LogP contribution in [0.3, 0.4) is 0 Å². The number of aliphatic hydroxyl groups is 2. The van der Waals surface area contributed by atoms with Crippen molar-refractivity contribution in [3.05, 3.63) is 138 Å². The Hall–Kier alpha value is -5.51. The average Bonchev–Trinajstić information content (AvgIpc) is 3.25. The van der Waals surface area contributed by atoms with E-state index >= 15 is 0 Å². The van der Waals surface area contributed by atoms with E-state index in [1.165, 1.54) is 9.80 Å². The van der Waals surface area contributed by atoms with Gasteiger partial charge < -0.3 is 24.7 Å². The Morgan fingerprint density at radius 1 is 0.980 bits per heavy atom. The number of hydrogen-bond acceptors (Lipinski definition) is 6. The highest BCUT2D eigenvalue weighted by Gasteiger charge is 2.52. The Kier molecular flexibility index (Phi) is 8.40. The van der Waals surface area contributed by atoms with Gasteiger partial charge in [0.2, 0.25) is 5.91 Å². The second-order valence-corrected chi connectivity index (χ2v) is 12.6. The highest BCUT2D eigenvalue weighted by molar-refractivity contribution is 6.15. The van der Waals surface area contributed by atoms with E-state index in [0.29, 0.717) is 52.7 Å². The summed E-state index contributed by atoms with van der Waals surface area (Å²) in [4.78, 5) is 46.2. The molecular weight excluding hydrogens is 618 g/mol. The fourth-order valence-corrected chi connectivity index (χ4v) is 7.12. The number of benzene rings is 4. The molecule has 3 aliphatic heterocycles. The van der Waals surface area contributed by atoms with Gasteiger partial charge in [-0.3, -0.25) is 19.3 Å². The molecule has 2 N–H and O–H groups in total. The van der Waals surface area contributed by atoms with Crippen LogP contribution in [0.25, 0.3) is 0 Å². The minimum atomic E-state index is -1.99. The molecule has 0 saturated heterocycles. The first-order valence-corrected chi connectivity index (χ1v) is 16.4. The maximum atomic E-state index is 14.1. The Balaban J connectivity index is 1.21. The number of carbonyl (C=O) groups is 3. The quantitative estimate of drug-likeness (QED) is 0.225. The molecule has 3 atom stereocenters. The summed E-state index contributed by atoms with van der Waals surface area (Å²) in [5.74, 6) is -0.819. The molecule has 0 saturated carbocycles. The molecule has 0 spiro atoms. The highest BCUT2D eigenvalue weighted by atomic mass is 16.5. The van der Waals surface area contributed by atoms with Crippen LogP contribution < -0.4 is 14.5 Å². The first kappa shape index (κ1) is 32.1. The minimum absolute atomic E-state index is 0.0367. The molecule has 0 aliphatic carbocycles. The van der Waals surface area contributed by atoms with Crippen molar-refractivity contribution < 1.29 is 29.3 Å². The lowest BCUT2D eigenvalue weighted by molar-refractivity contribution is -0.139. The van der Waals surface area contributed by atoms with E-state index in [4.69, 9.17) is 4.74 Å². The second kappa shape index (κ2) is 12.8. The van der Waals surface area contributed by atoms with E-state index in [0.717, 1.165) is 11.1 Å². The third-order valence-electron chi connectivity index (χ3n) is 9.73. The standard InChI is InChI=1S/C40H37N3O6/c1-3-21-41-33-20-19-29(43-34-15-7-9-17-36(34)49-35-16-8-6-14-31(35)38(43)46)23-32(33)40(48,39(41)47)26(2)11-10-18-37(45)42-24-28-13-5-4-12-27(28)22-30(42)25-44/h3-17,19-20,23,26,30,44,48H,1,18,21-22,24-25H2,2H3/b11-10+/t26-,30-,40+/m0/s1. The van der Waals surface area contributed by atoms with Crippen LogP contribution in [0.4, 0.5) is 17.1 Å². The summed E-state index contributed by atoms with van der Waals surface area (Å²) in [5.41, 5.74) is 2.39. The summed E-state index contributed by atoms with van der Waals surface area (Å²) in [6.07, 6.45) is 5.57. The van der Waals surface area contributed by atoms with Gasteiger partial charge in [0.15, 0.2) is 11.4 Å². The molecule has 0 radical (unpaired) electrons. The topological polar surface area (TPSA) is 111 Å². The van der Waals surface area contributed by atoms with Gasteiger partial charge >= 0.3 is 0 Å². The molecule has 0 unspecified atom stereocenters. The molecule has 0 bridgehead atoms.